The maximum absolute atomic E-state index is 2.70. The zero-order valence-corrected chi connectivity index (χ0v) is 25.5. The maximum Gasteiger partial charge on any atom is -0.147 e. The summed E-state index contributed by atoms with van der Waals surface area (Å²) < 4.78 is 2.59. The summed E-state index contributed by atoms with van der Waals surface area (Å²) >= 11 is -1.90. The molecule has 2 unspecified atom stereocenters. The van der Waals surface area contributed by atoms with E-state index in [0.29, 0.717) is 9.54 Å². The van der Waals surface area contributed by atoms with Gasteiger partial charge in [0.05, 0.1) is 0 Å². The molecular formula is C28H36Cl2SiZr. The topological polar surface area (TPSA) is 0 Å². The molecule has 0 saturated carbocycles. The van der Waals surface area contributed by atoms with Gasteiger partial charge in [-0.25, -0.2) is 0 Å². The van der Waals surface area contributed by atoms with Crippen LogP contribution in [0, 0.1) is 5.92 Å². The minimum atomic E-state index is -1.90. The van der Waals surface area contributed by atoms with Crippen molar-refractivity contribution < 1.29 is 20.4 Å². The minimum Gasteiger partial charge on any atom is -0.147 e. The summed E-state index contributed by atoms with van der Waals surface area (Å²) in [4.78, 5) is 0. The fourth-order valence-corrected chi connectivity index (χ4v) is 25.0. The van der Waals surface area contributed by atoms with Crippen molar-refractivity contribution >= 4 is 35.8 Å². The zero-order valence-electron chi connectivity index (χ0n) is 20.4. The van der Waals surface area contributed by atoms with Crippen LogP contribution in [0.3, 0.4) is 0 Å². The normalized spacial score (nSPS) is 19.3. The Hall–Kier alpha value is -0.660. The van der Waals surface area contributed by atoms with E-state index >= 15 is 0 Å². The van der Waals surface area contributed by atoms with Gasteiger partial charge in [0.25, 0.3) is 0 Å². The Balaban J connectivity index is 0.00000181. The van der Waals surface area contributed by atoms with Crippen LogP contribution in [-0.2, 0) is 26.8 Å². The molecule has 0 heterocycles. The molecule has 2 aliphatic carbocycles. The van der Waals surface area contributed by atoms with Crippen molar-refractivity contribution in [3.05, 3.63) is 96.9 Å². The smallest absolute Gasteiger partial charge is 0.147 e. The van der Waals surface area contributed by atoms with E-state index in [1.54, 1.807) is 22.3 Å². The van der Waals surface area contributed by atoms with Crippen LogP contribution in [0.4, 0.5) is 0 Å². The first kappa shape index (κ1) is 27.6. The van der Waals surface area contributed by atoms with Gasteiger partial charge in [-0.05, 0) is 0 Å². The third-order valence-corrected chi connectivity index (χ3v) is 25.9. The molecule has 0 N–H and O–H groups in total. The van der Waals surface area contributed by atoms with Crippen LogP contribution in [0.25, 0.3) is 5.57 Å². The summed E-state index contributed by atoms with van der Waals surface area (Å²) in [7, 11) is 0. The number of fused-ring (bicyclic) bond motifs is 1. The third-order valence-electron chi connectivity index (χ3n) is 7.35. The minimum absolute atomic E-state index is 0. The maximum atomic E-state index is 2.70. The van der Waals surface area contributed by atoms with E-state index in [-0.39, 0.29) is 30.2 Å². The Morgan fingerprint density at radius 3 is 2.19 bits per heavy atom. The van der Waals surface area contributed by atoms with E-state index in [1.165, 1.54) is 22.3 Å². The number of allylic oxidation sites excluding steroid dienone is 5. The van der Waals surface area contributed by atoms with Crippen LogP contribution in [-0.4, -0.2) is 5.43 Å². The molecule has 2 aromatic carbocycles. The largest absolute Gasteiger partial charge is 0.147 e. The molecule has 2 aliphatic rings. The summed E-state index contributed by atoms with van der Waals surface area (Å²) in [5.41, 5.74) is 11.9. The van der Waals surface area contributed by atoms with Crippen LogP contribution in [0.1, 0.15) is 60.5 Å². The standard InChI is InChI=1S/C17H15.C9H13.C2H6Si.2ClH.Zr/c1-2-13-6-5-8-15(12-13)17-11-10-14-7-3-4-9-16(14)17;1-6-5-7(2)9(4)8(6)3;1-3-2;;;/h3-12H,2H2,1H3;6H,1-4H3;1-2H3;2*1H;. The molecule has 170 valence electrons. The molecule has 2 aromatic rings. The molecule has 0 aliphatic heterocycles. The summed E-state index contributed by atoms with van der Waals surface area (Å²) in [6.45, 7) is 17.1. The van der Waals surface area contributed by atoms with Gasteiger partial charge in [0, 0.05) is 0 Å². The van der Waals surface area contributed by atoms with E-state index in [9.17, 15) is 0 Å². The number of rotatable bonds is 4. The molecule has 2 atom stereocenters. The van der Waals surface area contributed by atoms with Gasteiger partial charge in [0.15, 0.2) is 0 Å². The number of halogens is 2. The van der Waals surface area contributed by atoms with E-state index in [4.69, 9.17) is 0 Å². The summed E-state index contributed by atoms with van der Waals surface area (Å²) in [6, 6.07) is 18.5. The van der Waals surface area contributed by atoms with Gasteiger partial charge in [-0.2, -0.15) is 0 Å². The summed E-state index contributed by atoms with van der Waals surface area (Å²) in [5, 5.41) is 0. The second-order valence-electron chi connectivity index (χ2n) is 9.18. The van der Waals surface area contributed by atoms with E-state index in [2.05, 4.69) is 102 Å². The molecule has 4 heteroatoms. The molecule has 0 spiro atoms. The molecule has 0 fully saturated rings. The first-order chi connectivity index (χ1) is 14.3. The van der Waals surface area contributed by atoms with Gasteiger partial charge in [-0.15, -0.1) is 24.8 Å². The Morgan fingerprint density at radius 2 is 1.59 bits per heavy atom. The van der Waals surface area contributed by atoms with Gasteiger partial charge in [-0.1, -0.05) is 0 Å². The van der Waals surface area contributed by atoms with Crippen molar-refractivity contribution in [3.8, 4) is 0 Å². The van der Waals surface area contributed by atoms with E-state index in [1.807, 2.05) is 3.28 Å². The van der Waals surface area contributed by atoms with Gasteiger partial charge in [0.2, 0.25) is 0 Å². The molecule has 0 saturated heterocycles. The Morgan fingerprint density at radius 1 is 0.906 bits per heavy atom. The van der Waals surface area contributed by atoms with Crippen LogP contribution in [0.2, 0.25) is 13.1 Å². The molecule has 4 rings (SSSR count). The first-order valence-electron chi connectivity index (χ1n) is 11.3. The molecule has 0 amide bonds. The van der Waals surface area contributed by atoms with Crippen LogP contribution >= 0.6 is 24.8 Å². The Labute approximate surface area is 215 Å². The van der Waals surface area contributed by atoms with Crippen molar-refractivity contribution in [3.63, 3.8) is 0 Å². The van der Waals surface area contributed by atoms with Gasteiger partial charge in [0.1, 0.15) is 0 Å². The van der Waals surface area contributed by atoms with Crippen LogP contribution in [0.5, 0.6) is 0 Å². The predicted octanol–water partition coefficient (Wildman–Crippen LogP) is 8.71. The second kappa shape index (κ2) is 11.2. The van der Waals surface area contributed by atoms with Crippen molar-refractivity contribution in [2.24, 2.45) is 5.92 Å². The predicted molar refractivity (Wildman–Crippen MR) is 144 cm³/mol. The Bertz CT molecular complexity index is 1150. The third kappa shape index (κ3) is 4.76. The van der Waals surface area contributed by atoms with E-state index in [0.717, 1.165) is 6.42 Å². The van der Waals surface area contributed by atoms with Gasteiger partial charge in [-0.3, -0.25) is 0 Å². The molecular weight excluding hydrogens is 527 g/mol. The Kier molecular flexibility index (Phi) is 9.63. The fourth-order valence-electron chi connectivity index (χ4n) is 5.36. The van der Waals surface area contributed by atoms with Gasteiger partial charge >= 0.3 is 192 Å². The van der Waals surface area contributed by atoms with Gasteiger partial charge < -0.3 is 0 Å². The van der Waals surface area contributed by atoms with Crippen LogP contribution < -0.4 is 0 Å². The number of hydrogen-bond donors (Lipinski definition) is 0. The fraction of sp³-hybridized carbons (Fsp3) is 0.357. The first-order valence-corrected chi connectivity index (χ1v) is 20.1. The zero-order chi connectivity index (χ0) is 21.6. The quantitative estimate of drug-likeness (QED) is 0.327. The molecule has 0 bridgehead atoms. The monoisotopic (exact) mass is 560 g/mol. The summed E-state index contributed by atoms with van der Waals surface area (Å²) in [5.74, 6) is 0.660. The van der Waals surface area contributed by atoms with Crippen molar-refractivity contribution in [2.45, 2.75) is 57.8 Å². The van der Waals surface area contributed by atoms with Crippen LogP contribution in [0.15, 0.2) is 74.6 Å². The molecule has 32 heavy (non-hydrogen) atoms. The average Bonchev–Trinajstić information content (AvgIpc) is 3.22. The molecule has 0 nitrogen and oxygen atoms in total. The molecule has 0 aromatic heterocycles. The summed E-state index contributed by atoms with van der Waals surface area (Å²) in [6.07, 6.45) is 3.79. The van der Waals surface area contributed by atoms with Crippen molar-refractivity contribution in [1.29, 1.82) is 0 Å². The number of benzene rings is 2. The second-order valence-corrected chi connectivity index (χ2v) is 26.6. The molecule has 0 radical (unpaired) electrons. The van der Waals surface area contributed by atoms with E-state index < -0.39 is 20.4 Å². The number of hydrogen-bond acceptors (Lipinski definition) is 0. The number of aryl methyl sites for hydroxylation is 1. The van der Waals surface area contributed by atoms with Crippen molar-refractivity contribution in [2.75, 3.05) is 0 Å². The van der Waals surface area contributed by atoms with Crippen molar-refractivity contribution in [1.82, 2.24) is 0 Å². The SMILES string of the molecule is CCc1cccc(C2=C[CH]([Zr]([C]3=C(C)C(C)=C(C)C3C)=[Si](C)C)c3ccccc32)c1.Cl.Cl. The average molecular weight is 563 g/mol.